The van der Waals surface area contributed by atoms with Crippen LogP contribution in [-0.4, -0.2) is 50.6 Å². The van der Waals surface area contributed by atoms with E-state index in [0.717, 1.165) is 22.3 Å². The Morgan fingerprint density at radius 1 is 1.55 bits per heavy atom. The van der Waals surface area contributed by atoms with Crippen molar-refractivity contribution in [3.05, 3.63) is 16.4 Å². The van der Waals surface area contributed by atoms with Crippen LogP contribution >= 0.6 is 39.5 Å². The zero-order valence-corrected chi connectivity index (χ0v) is 15.0. The van der Waals surface area contributed by atoms with Crippen LogP contribution < -0.4 is 0 Å². The molecule has 0 amide bonds. The predicted octanol–water partition coefficient (Wildman–Crippen LogP) is 2.95. The van der Waals surface area contributed by atoms with Crippen LogP contribution in [0.25, 0.3) is 0 Å². The molecule has 0 bridgehead atoms. The third kappa shape index (κ3) is 3.74. The second-order valence-electron chi connectivity index (χ2n) is 4.69. The maximum absolute atomic E-state index is 10.8. The number of aliphatic hydroxyl groups is 1. The molecule has 0 saturated carbocycles. The molecule has 3 unspecified atom stereocenters. The SMILES string of the molecule is CCC1SCCSC1C(O)c1c(Br)cnn1CCOC. The summed E-state index contributed by atoms with van der Waals surface area (Å²) < 4.78 is 7.84. The van der Waals surface area contributed by atoms with Gasteiger partial charge in [-0.05, 0) is 22.4 Å². The highest BCUT2D eigenvalue weighted by molar-refractivity contribution is 9.10. The van der Waals surface area contributed by atoms with Crippen molar-refractivity contribution < 1.29 is 9.84 Å². The lowest BCUT2D eigenvalue weighted by Crippen LogP contribution is -2.32. The van der Waals surface area contributed by atoms with E-state index in [4.69, 9.17) is 4.74 Å². The number of aromatic nitrogens is 2. The largest absolute Gasteiger partial charge is 0.386 e. The summed E-state index contributed by atoms with van der Waals surface area (Å²) in [7, 11) is 1.68. The lowest BCUT2D eigenvalue weighted by Gasteiger charge is -2.33. The van der Waals surface area contributed by atoms with Gasteiger partial charge in [0.15, 0.2) is 0 Å². The monoisotopic (exact) mass is 380 g/mol. The number of aliphatic hydroxyl groups excluding tert-OH is 1. The summed E-state index contributed by atoms with van der Waals surface area (Å²) in [6, 6.07) is 0. The fourth-order valence-corrected chi connectivity index (χ4v) is 6.05. The van der Waals surface area contributed by atoms with E-state index in [-0.39, 0.29) is 5.25 Å². The second-order valence-corrected chi connectivity index (χ2v) is 8.18. The van der Waals surface area contributed by atoms with Crippen LogP contribution in [0.2, 0.25) is 0 Å². The van der Waals surface area contributed by atoms with E-state index in [1.165, 1.54) is 5.75 Å². The lowest BCUT2D eigenvalue weighted by atomic mass is 10.1. The number of ether oxygens (including phenoxy) is 1. The smallest absolute Gasteiger partial charge is 0.110 e. The average molecular weight is 381 g/mol. The molecule has 3 atom stereocenters. The third-order valence-corrected chi connectivity index (χ3v) is 7.37. The van der Waals surface area contributed by atoms with E-state index < -0.39 is 6.10 Å². The Labute approximate surface area is 137 Å². The molecule has 1 aliphatic heterocycles. The highest BCUT2D eigenvalue weighted by Crippen LogP contribution is 2.41. The van der Waals surface area contributed by atoms with Gasteiger partial charge in [0.2, 0.25) is 0 Å². The summed E-state index contributed by atoms with van der Waals surface area (Å²) in [6.07, 6.45) is 2.35. The van der Waals surface area contributed by atoms with E-state index in [1.54, 1.807) is 13.3 Å². The number of rotatable bonds is 6. The van der Waals surface area contributed by atoms with Gasteiger partial charge in [-0.1, -0.05) is 6.92 Å². The van der Waals surface area contributed by atoms with E-state index in [9.17, 15) is 5.11 Å². The lowest BCUT2D eigenvalue weighted by molar-refractivity contribution is 0.149. The van der Waals surface area contributed by atoms with Crippen molar-refractivity contribution in [2.45, 2.75) is 36.5 Å². The fraction of sp³-hybridized carbons (Fsp3) is 0.769. The van der Waals surface area contributed by atoms with Crippen molar-refractivity contribution >= 4 is 39.5 Å². The number of nitrogens with zero attached hydrogens (tertiary/aromatic N) is 2. The minimum atomic E-state index is -0.494. The van der Waals surface area contributed by atoms with Crippen LogP contribution in [0.15, 0.2) is 10.7 Å². The molecule has 0 spiro atoms. The first kappa shape index (κ1) is 16.7. The molecule has 0 aromatic carbocycles. The number of thioether (sulfide) groups is 2. The van der Waals surface area contributed by atoms with Crippen molar-refractivity contribution in [1.29, 1.82) is 0 Å². The van der Waals surface area contributed by atoms with Crippen molar-refractivity contribution in [2.24, 2.45) is 0 Å². The molecule has 7 heteroatoms. The minimum Gasteiger partial charge on any atom is -0.386 e. The first-order chi connectivity index (χ1) is 9.69. The van der Waals surface area contributed by atoms with Crippen LogP contribution in [0, 0.1) is 0 Å². The Morgan fingerprint density at radius 3 is 3.00 bits per heavy atom. The molecule has 1 fully saturated rings. The molecular weight excluding hydrogens is 360 g/mol. The molecule has 4 nitrogen and oxygen atoms in total. The number of halogens is 1. The van der Waals surface area contributed by atoms with Crippen molar-refractivity contribution in [2.75, 3.05) is 25.2 Å². The topological polar surface area (TPSA) is 47.3 Å². The zero-order chi connectivity index (χ0) is 14.5. The maximum atomic E-state index is 10.8. The maximum Gasteiger partial charge on any atom is 0.110 e. The highest BCUT2D eigenvalue weighted by Gasteiger charge is 2.34. The molecule has 1 aromatic heterocycles. The molecule has 1 aromatic rings. The summed E-state index contributed by atoms with van der Waals surface area (Å²) in [5.74, 6) is 2.28. The molecule has 1 N–H and O–H groups in total. The van der Waals surface area contributed by atoms with Gasteiger partial charge >= 0.3 is 0 Å². The van der Waals surface area contributed by atoms with Gasteiger partial charge in [0.1, 0.15) is 6.10 Å². The molecular formula is C13H21BrN2O2S2. The van der Waals surface area contributed by atoms with Crippen LogP contribution in [0.1, 0.15) is 25.1 Å². The van der Waals surface area contributed by atoms with Gasteiger partial charge < -0.3 is 9.84 Å². The van der Waals surface area contributed by atoms with Gasteiger partial charge in [-0.2, -0.15) is 28.6 Å². The van der Waals surface area contributed by atoms with Crippen LogP contribution in [0.5, 0.6) is 0 Å². The third-order valence-electron chi connectivity index (χ3n) is 3.43. The van der Waals surface area contributed by atoms with E-state index in [1.807, 2.05) is 28.2 Å². The molecule has 2 rings (SSSR count). The summed E-state index contributed by atoms with van der Waals surface area (Å²) >= 11 is 7.37. The van der Waals surface area contributed by atoms with Crippen LogP contribution in [0.4, 0.5) is 0 Å². The van der Waals surface area contributed by atoms with E-state index in [0.29, 0.717) is 18.4 Å². The first-order valence-corrected chi connectivity index (χ1v) is 9.69. The molecule has 1 saturated heterocycles. The summed E-state index contributed by atoms with van der Waals surface area (Å²) in [5, 5.41) is 15.9. The van der Waals surface area contributed by atoms with Crippen molar-refractivity contribution in [3.8, 4) is 0 Å². The average Bonchev–Trinajstić information content (AvgIpc) is 2.85. The number of hydrogen-bond donors (Lipinski definition) is 1. The quantitative estimate of drug-likeness (QED) is 0.821. The summed E-state index contributed by atoms with van der Waals surface area (Å²) in [5.41, 5.74) is 0.875. The van der Waals surface area contributed by atoms with Crippen molar-refractivity contribution in [1.82, 2.24) is 9.78 Å². The van der Waals surface area contributed by atoms with Gasteiger partial charge in [-0.25, -0.2) is 0 Å². The standard InChI is InChI=1S/C13H21BrN2O2S2/c1-3-10-13(20-7-6-19-10)12(17)11-9(14)8-15-16(11)4-5-18-2/h8,10,12-13,17H,3-7H2,1-2H3. The molecule has 0 radical (unpaired) electrons. The summed E-state index contributed by atoms with van der Waals surface area (Å²) in [4.78, 5) is 0. The highest BCUT2D eigenvalue weighted by atomic mass is 79.9. The Kier molecular flexibility index (Phi) is 6.74. The van der Waals surface area contributed by atoms with Crippen LogP contribution in [-0.2, 0) is 11.3 Å². The van der Waals surface area contributed by atoms with Gasteiger partial charge in [0, 0.05) is 29.1 Å². The normalized spacial score (nSPS) is 24.8. The minimum absolute atomic E-state index is 0.230. The van der Waals surface area contributed by atoms with Gasteiger partial charge in [-0.15, -0.1) is 0 Å². The van der Waals surface area contributed by atoms with Gasteiger partial charge in [0.25, 0.3) is 0 Å². The molecule has 114 valence electrons. The summed E-state index contributed by atoms with van der Waals surface area (Å²) in [6.45, 7) is 3.45. The number of methoxy groups -OCH3 is 1. The second kappa shape index (κ2) is 8.08. The predicted molar refractivity (Wildman–Crippen MR) is 89.5 cm³/mol. The zero-order valence-electron chi connectivity index (χ0n) is 11.8. The van der Waals surface area contributed by atoms with Gasteiger partial charge in [0.05, 0.1) is 29.5 Å². The molecule has 20 heavy (non-hydrogen) atoms. The molecule has 1 aliphatic rings. The van der Waals surface area contributed by atoms with Crippen molar-refractivity contribution in [3.63, 3.8) is 0 Å². The Morgan fingerprint density at radius 2 is 2.30 bits per heavy atom. The number of hydrogen-bond acceptors (Lipinski definition) is 5. The van der Waals surface area contributed by atoms with Gasteiger partial charge in [-0.3, -0.25) is 4.68 Å². The Balaban J connectivity index is 2.18. The van der Waals surface area contributed by atoms with E-state index in [2.05, 4.69) is 28.0 Å². The Hall–Kier alpha value is 0.310. The van der Waals surface area contributed by atoms with E-state index >= 15 is 0 Å². The van der Waals surface area contributed by atoms with Crippen LogP contribution in [0.3, 0.4) is 0 Å². The fourth-order valence-electron chi connectivity index (χ4n) is 2.41. The first-order valence-electron chi connectivity index (χ1n) is 6.80. The Bertz CT molecular complexity index is 431. The molecule has 0 aliphatic carbocycles. The molecule has 2 heterocycles.